The molecule has 0 spiro atoms. The zero-order chi connectivity index (χ0) is 24.9. The second-order valence-corrected chi connectivity index (χ2v) is 6.21. The van der Waals surface area contributed by atoms with Crippen molar-refractivity contribution < 1.29 is 45.4 Å². The zero-order valence-electron chi connectivity index (χ0n) is 16.7. The topological polar surface area (TPSA) is 131 Å². The Morgan fingerprint density at radius 3 is 2.50 bits per heavy atom. The maximum absolute atomic E-state index is 12.7. The van der Waals surface area contributed by atoms with Crippen molar-refractivity contribution in [1.29, 1.82) is 10.8 Å². The van der Waals surface area contributed by atoms with Crippen molar-refractivity contribution in [2.45, 2.75) is 13.0 Å². The third kappa shape index (κ3) is 6.51. The minimum Gasteiger partial charge on any atom is -0.459 e. The van der Waals surface area contributed by atoms with E-state index < -0.39 is 47.7 Å². The molecule has 0 atom stereocenters. The Labute approximate surface area is 187 Å². The summed E-state index contributed by atoms with van der Waals surface area (Å²) in [6.45, 7) is -3.36. The van der Waals surface area contributed by atoms with Crippen LogP contribution in [0.25, 0.3) is 0 Å². The van der Waals surface area contributed by atoms with Gasteiger partial charge in [-0.3, -0.25) is 15.6 Å². The fraction of sp³-hybridized carbons (Fsp3) is 0.100. The van der Waals surface area contributed by atoms with Crippen molar-refractivity contribution in [2.75, 3.05) is 5.32 Å². The van der Waals surface area contributed by atoms with Gasteiger partial charge in [-0.1, -0.05) is 0 Å². The molecule has 2 aromatic heterocycles. The summed E-state index contributed by atoms with van der Waals surface area (Å²) in [6.07, 6.45) is -2.62. The van der Waals surface area contributed by atoms with Crippen LogP contribution in [0.5, 0.6) is 11.5 Å². The molecule has 0 saturated carbocycles. The van der Waals surface area contributed by atoms with Crippen molar-refractivity contribution >= 4 is 23.5 Å². The van der Waals surface area contributed by atoms with Crippen LogP contribution in [0.3, 0.4) is 0 Å². The Morgan fingerprint density at radius 2 is 1.85 bits per heavy atom. The fourth-order valence-corrected chi connectivity index (χ4v) is 2.53. The number of furan rings is 1. The lowest BCUT2D eigenvalue weighted by Crippen LogP contribution is -2.19. The van der Waals surface area contributed by atoms with Gasteiger partial charge >= 0.3 is 13.0 Å². The van der Waals surface area contributed by atoms with Crippen LogP contribution in [-0.2, 0) is 4.74 Å². The van der Waals surface area contributed by atoms with E-state index in [1.165, 1.54) is 30.7 Å². The van der Waals surface area contributed by atoms with E-state index in [0.717, 1.165) is 12.1 Å². The van der Waals surface area contributed by atoms with Crippen molar-refractivity contribution in [3.05, 3.63) is 71.8 Å². The molecular formula is C20H13F5N4O5. The van der Waals surface area contributed by atoms with E-state index in [2.05, 4.69) is 19.8 Å². The van der Waals surface area contributed by atoms with Gasteiger partial charge in [-0.05, 0) is 42.5 Å². The molecule has 0 bridgehead atoms. The number of anilines is 1. The lowest BCUT2D eigenvalue weighted by atomic mass is 10.1. The van der Waals surface area contributed by atoms with Crippen LogP contribution in [0.1, 0.15) is 21.7 Å². The molecule has 34 heavy (non-hydrogen) atoms. The first-order chi connectivity index (χ1) is 16.0. The number of pyridine rings is 1. The van der Waals surface area contributed by atoms with Crippen LogP contribution in [-0.4, -0.2) is 35.7 Å². The lowest BCUT2D eigenvalue weighted by Gasteiger charge is -2.14. The maximum atomic E-state index is 12.7. The molecule has 14 heteroatoms. The molecule has 178 valence electrons. The summed E-state index contributed by atoms with van der Waals surface area (Å²) in [5, 5.41) is 17.9. The summed E-state index contributed by atoms with van der Waals surface area (Å²) in [4.78, 5) is 16.4. The molecule has 0 aliphatic rings. The minimum atomic E-state index is -5.08. The molecule has 9 nitrogen and oxygen atoms in total. The van der Waals surface area contributed by atoms with E-state index in [9.17, 15) is 26.7 Å². The molecule has 0 unspecified atom stereocenters. The number of alkyl halides is 5. The quantitative estimate of drug-likeness (QED) is 0.251. The molecular weight excluding hydrogens is 471 g/mol. The van der Waals surface area contributed by atoms with Gasteiger partial charge in [0, 0.05) is 11.8 Å². The Bertz CT molecular complexity index is 1200. The van der Waals surface area contributed by atoms with Gasteiger partial charge in [0.2, 0.25) is 5.90 Å². The number of nitrogens with one attached hydrogen (secondary N) is 3. The Kier molecular flexibility index (Phi) is 7.09. The van der Waals surface area contributed by atoms with Gasteiger partial charge in [0.05, 0.1) is 11.8 Å². The predicted molar refractivity (Wildman–Crippen MR) is 105 cm³/mol. The third-order valence-electron chi connectivity index (χ3n) is 3.86. The first kappa shape index (κ1) is 24.2. The highest BCUT2D eigenvalue weighted by molar-refractivity contribution is 6.07. The fourth-order valence-electron chi connectivity index (χ4n) is 2.53. The maximum Gasteiger partial charge on any atom is 0.573 e. The monoisotopic (exact) mass is 484 g/mol. The number of amides is 1. The number of ether oxygens (including phenoxy) is 3. The highest BCUT2D eigenvalue weighted by atomic mass is 19.4. The smallest absolute Gasteiger partial charge is 0.459 e. The standard InChI is InChI=1S/C20H13F5N4O5/c21-19(22)32-13-4-3-11(34-20(23,24)25)9-12(13)18(30)29-15-8-10(5-6-28-15)16(26)33-17(27)14-2-1-7-31-14/h1-9,19,26-27H,(H,28,29,30). The molecule has 2 heterocycles. The van der Waals surface area contributed by atoms with Gasteiger partial charge in [0.25, 0.3) is 11.8 Å². The number of nitrogens with zero attached hydrogens (tertiary/aromatic N) is 1. The number of rotatable bonds is 7. The van der Waals surface area contributed by atoms with Gasteiger partial charge in [-0.2, -0.15) is 8.78 Å². The molecule has 1 aromatic carbocycles. The molecule has 3 aromatic rings. The highest BCUT2D eigenvalue weighted by Gasteiger charge is 2.32. The summed E-state index contributed by atoms with van der Waals surface area (Å²) in [6, 6.07) is 7.40. The van der Waals surface area contributed by atoms with Crippen molar-refractivity contribution in [2.24, 2.45) is 0 Å². The molecule has 0 saturated heterocycles. The molecule has 0 aliphatic carbocycles. The minimum absolute atomic E-state index is 0.0554. The first-order valence-electron chi connectivity index (χ1n) is 9.03. The third-order valence-corrected chi connectivity index (χ3v) is 3.86. The van der Waals surface area contributed by atoms with Gasteiger partial charge in [-0.15, -0.1) is 13.2 Å². The lowest BCUT2D eigenvalue weighted by molar-refractivity contribution is -0.274. The van der Waals surface area contributed by atoms with Crippen molar-refractivity contribution in [1.82, 2.24) is 4.98 Å². The Balaban J connectivity index is 1.80. The van der Waals surface area contributed by atoms with Crippen molar-refractivity contribution in [3.63, 3.8) is 0 Å². The van der Waals surface area contributed by atoms with Crippen LogP contribution in [0.2, 0.25) is 0 Å². The molecule has 3 N–H and O–H groups in total. The Morgan fingerprint density at radius 1 is 1.09 bits per heavy atom. The van der Waals surface area contributed by atoms with Crippen LogP contribution < -0.4 is 14.8 Å². The highest BCUT2D eigenvalue weighted by Crippen LogP contribution is 2.30. The SMILES string of the molecule is N=C(OC(=N)c1ccco1)c1ccnc(NC(=O)c2cc(OC(F)(F)F)ccc2OC(F)F)c1. The average molecular weight is 484 g/mol. The zero-order valence-corrected chi connectivity index (χ0v) is 16.7. The van der Waals surface area contributed by atoms with E-state index in [0.29, 0.717) is 12.1 Å². The summed E-state index contributed by atoms with van der Waals surface area (Å²) >= 11 is 0. The number of hydrogen-bond donors (Lipinski definition) is 3. The van der Waals surface area contributed by atoms with Crippen LogP contribution in [0.15, 0.2) is 59.3 Å². The second kappa shape index (κ2) is 9.97. The number of carbonyl (C=O) groups is 1. The number of hydrogen-bond acceptors (Lipinski definition) is 8. The number of carbonyl (C=O) groups excluding carboxylic acids is 1. The largest absolute Gasteiger partial charge is 0.573 e. The number of benzene rings is 1. The van der Waals surface area contributed by atoms with Crippen molar-refractivity contribution in [3.8, 4) is 11.5 Å². The second-order valence-electron chi connectivity index (χ2n) is 6.21. The molecule has 0 radical (unpaired) electrons. The van der Waals surface area contributed by atoms with E-state index in [4.69, 9.17) is 20.0 Å². The Hall–Kier alpha value is -4.49. The molecule has 0 aliphatic heterocycles. The normalized spacial score (nSPS) is 11.1. The van der Waals surface area contributed by atoms with E-state index in [1.807, 2.05) is 0 Å². The van der Waals surface area contributed by atoms with E-state index >= 15 is 0 Å². The van der Waals surface area contributed by atoms with E-state index in [-0.39, 0.29) is 17.1 Å². The molecule has 3 rings (SSSR count). The van der Waals surface area contributed by atoms with Crippen LogP contribution in [0, 0.1) is 10.8 Å². The summed E-state index contributed by atoms with van der Waals surface area (Å²) in [5.41, 5.74) is -0.639. The van der Waals surface area contributed by atoms with Crippen LogP contribution in [0.4, 0.5) is 27.8 Å². The summed E-state index contributed by atoms with van der Waals surface area (Å²) in [7, 11) is 0. The van der Waals surface area contributed by atoms with Crippen LogP contribution >= 0.6 is 0 Å². The van der Waals surface area contributed by atoms with Gasteiger partial charge in [0.15, 0.2) is 5.76 Å². The van der Waals surface area contributed by atoms with Gasteiger partial charge in [-0.25, -0.2) is 4.98 Å². The molecule has 1 amide bonds. The van der Waals surface area contributed by atoms with Gasteiger partial charge in [0.1, 0.15) is 17.3 Å². The summed E-state index contributed by atoms with van der Waals surface area (Å²) < 4.78 is 80.8. The number of halogens is 5. The molecule has 0 fully saturated rings. The summed E-state index contributed by atoms with van der Waals surface area (Å²) in [5.74, 6) is -3.82. The predicted octanol–water partition coefficient (Wildman–Crippen LogP) is 4.79. The average Bonchev–Trinajstić information content (AvgIpc) is 3.28. The van der Waals surface area contributed by atoms with Gasteiger partial charge < -0.3 is 23.9 Å². The first-order valence-corrected chi connectivity index (χ1v) is 9.03. The van der Waals surface area contributed by atoms with E-state index in [1.54, 1.807) is 0 Å². The number of aromatic nitrogens is 1.